The number of fused-ring (bicyclic) bond motifs is 2. The van der Waals surface area contributed by atoms with E-state index in [2.05, 4.69) is 46.2 Å². The highest BCUT2D eigenvalue weighted by molar-refractivity contribution is 6.11. The summed E-state index contributed by atoms with van der Waals surface area (Å²) in [6.07, 6.45) is -2.44. The van der Waals surface area contributed by atoms with Crippen LogP contribution in [0.1, 0.15) is 44.9 Å². The third-order valence-corrected chi connectivity index (χ3v) is 6.86. The van der Waals surface area contributed by atoms with E-state index in [-0.39, 0.29) is 28.6 Å². The second kappa shape index (κ2) is 8.51. The second-order valence-corrected chi connectivity index (χ2v) is 10.7. The maximum absolute atomic E-state index is 13.4. The minimum absolute atomic E-state index is 0.0326. The van der Waals surface area contributed by atoms with E-state index in [1.54, 1.807) is 13.2 Å². The van der Waals surface area contributed by atoms with Crippen LogP contribution in [0, 0.1) is 0 Å². The van der Waals surface area contributed by atoms with Gasteiger partial charge in [-0.1, -0.05) is 26.8 Å². The van der Waals surface area contributed by atoms with E-state index < -0.39 is 11.7 Å². The van der Waals surface area contributed by atoms with Crippen LogP contribution in [0.15, 0.2) is 42.5 Å². The first-order chi connectivity index (χ1) is 16.9. The molecule has 6 nitrogen and oxygen atoms in total. The number of nitrogens with one attached hydrogen (secondary N) is 1. The lowest BCUT2D eigenvalue weighted by molar-refractivity contribution is -0.286. The van der Waals surface area contributed by atoms with Gasteiger partial charge < -0.3 is 24.1 Å². The van der Waals surface area contributed by atoms with Gasteiger partial charge in [0, 0.05) is 48.0 Å². The summed E-state index contributed by atoms with van der Waals surface area (Å²) in [6, 6.07) is 12.5. The van der Waals surface area contributed by atoms with Gasteiger partial charge >= 0.3 is 6.29 Å². The molecule has 2 aliphatic rings. The molecule has 1 saturated carbocycles. The fourth-order valence-electron chi connectivity index (χ4n) is 4.94. The Bertz CT molecular complexity index is 1330. The van der Waals surface area contributed by atoms with Gasteiger partial charge in [0.1, 0.15) is 0 Å². The molecule has 36 heavy (non-hydrogen) atoms. The molecule has 1 aliphatic carbocycles. The van der Waals surface area contributed by atoms with Gasteiger partial charge in [0.2, 0.25) is 5.91 Å². The average molecular weight is 494 g/mol. The van der Waals surface area contributed by atoms with Crippen molar-refractivity contribution in [3.63, 3.8) is 0 Å². The van der Waals surface area contributed by atoms with Gasteiger partial charge in [-0.05, 0) is 60.6 Å². The molecule has 1 fully saturated rings. The highest BCUT2D eigenvalue weighted by Gasteiger charge is 2.52. The zero-order valence-electron chi connectivity index (χ0n) is 20.9. The van der Waals surface area contributed by atoms with Crippen LogP contribution in [-0.4, -0.2) is 38.3 Å². The number of methoxy groups -OCH3 is 1. The van der Waals surface area contributed by atoms with Crippen LogP contribution in [0.2, 0.25) is 5.82 Å². The molecule has 1 amide bonds. The van der Waals surface area contributed by atoms with Crippen molar-refractivity contribution < 1.29 is 27.8 Å². The van der Waals surface area contributed by atoms with Crippen molar-refractivity contribution in [2.24, 2.45) is 0 Å². The molecule has 1 unspecified atom stereocenters. The molecular weight excluding hydrogens is 465 g/mol. The molecule has 188 valence electrons. The number of halogens is 2. The normalized spacial score (nSPS) is 18.3. The first-order valence-electron chi connectivity index (χ1n) is 12.0. The zero-order valence-corrected chi connectivity index (χ0v) is 20.9. The molecule has 5 rings (SSSR count). The minimum Gasteiger partial charge on any atom is -0.395 e. The van der Waals surface area contributed by atoms with Crippen LogP contribution in [0.3, 0.4) is 0 Å². The van der Waals surface area contributed by atoms with Crippen molar-refractivity contribution in [3.8, 4) is 11.5 Å². The van der Waals surface area contributed by atoms with Crippen molar-refractivity contribution in [1.29, 1.82) is 0 Å². The van der Waals surface area contributed by atoms with E-state index in [4.69, 9.17) is 12.6 Å². The van der Waals surface area contributed by atoms with E-state index in [0.29, 0.717) is 37.2 Å². The Labute approximate surface area is 210 Å². The summed E-state index contributed by atoms with van der Waals surface area (Å²) in [7, 11) is 7.91. The molecular formula is C27H29BF2N2O4. The molecule has 2 aromatic carbocycles. The number of rotatable bonds is 7. The summed E-state index contributed by atoms with van der Waals surface area (Å²) in [5.41, 5.74) is 2.59. The number of nitrogens with zero attached hydrogens (tertiary/aromatic N) is 1. The zero-order chi connectivity index (χ0) is 25.9. The summed E-state index contributed by atoms with van der Waals surface area (Å²) >= 11 is 0. The standard InChI is InChI=1S/C27H29BF2N2O4/c1-25(2,3)23-12-16-11-19(6-7-20(16)32(23)14-18(28)15-34-4)31-24(33)26(9-10-26)17-5-8-21-22(13-17)36-27(29,30)35-21/h5-8,11-13,18H,9-10,14-15H2,1-4H3,(H,31,33). The van der Waals surface area contributed by atoms with Crippen molar-refractivity contribution in [2.75, 3.05) is 19.0 Å². The van der Waals surface area contributed by atoms with Crippen LogP contribution < -0.4 is 14.8 Å². The lowest BCUT2D eigenvalue weighted by Crippen LogP contribution is -2.27. The van der Waals surface area contributed by atoms with E-state index in [1.165, 1.54) is 12.1 Å². The fourth-order valence-corrected chi connectivity index (χ4v) is 4.94. The van der Waals surface area contributed by atoms with Gasteiger partial charge in [-0.25, -0.2) is 0 Å². The molecule has 2 radical (unpaired) electrons. The Morgan fingerprint density at radius 2 is 1.86 bits per heavy atom. The summed E-state index contributed by atoms with van der Waals surface area (Å²) in [4.78, 5) is 13.3. The molecule has 9 heteroatoms. The maximum Gasteiger partial charge on any atom is 0.586 e. The number of benzene rings is 2. The maximum atomic E-state index is 13.4. The Hall–Kier alpha value is -3.07. The first kappa shape index (κ1) is 24.6. The quantitative estimate of drug-likeness (QED) is 0.439. The lowest BCUT2D eigenvalue weighted by Gasteiger charge is -2.24. The predicted molar refractivity (Wildman–Crippen MR) is 134 cm³/mol. The minimum atomic E-state index is -3.69. The number of carbonyl (C=O) groups is 1. The number of aromatic nitrogens is 1. The van der Waals surface area contributed by atoms with Gasteiger partial charge in [0.15, 0.2) is 11.5 Å². The summed E-state index contributed by atoms with van der Waals surface area (Å²) in [5, 5.41) is 4.03. The van der Waals surface area contributed by atoms with E-state index in [1.807, 2.05) is 18.2 Å². The summed E-state index contributed by atoms with van der Waals surface area (Å²) in [5.74, 6) is -0.414. The second-order valence-electron chi connectivity index (χ2n) is 10.7. The third-order valence-electron chi connectivity index (χ3n) is 6.86. The molecule has 1 aliphatic heterocycles. The van der Waals surface area contributed by atoms with Gasteiger partial charge in [-0.2, -0.15) is 0 Å². The summed E-state index contributed by atoms with van der Waals surface area (Å²) < 4.78 is 43.4. The van der Waals surface area contributed by atoms with Crippen LogP contribution in [-0.2, 0) is 26.9 Å². The van der Waals surface area contributed by atoms with Crippen molar-refractivity contribution in [2.45, 2.75) is 63.1 Å². The number of hydrogen-bond acceptors (Lipinski definition) is 4. The third kappa shape index (κ3) is 4.45. The topological polar surface area (TPSA) is 61.7 Å². The lowest BCUT2D eigenvalue weighted by atomic mass is 9.87. The number of amides is 1. The van der Waals surface area contributed by atoms with Gasteiger partial charge in [0.25, 0.3) is 0 Å². The number of ether oxygens (including phenoxy) is 3. The predicted octanol–water partition coefficient (Wildman–Crippen LogP) is 5.53. The van der Waals surface area contributed by atoms with Gasteiger partial charge in [-0.3, -0.25) is 4.79 Å². The molecule has 2 heterocycles. The molecule has 1 N–H and O–H groups in total. The smallest absolute Gasteiger partial charge is 0.395 e. The van der Waals surface area contributed by atoms with E-state index >= 15 is 0 Å². The van der Waals surface area contributed by atoms with Crippen LogP contribution in [0.4, 0.5) is 14.5 Å². The highest BCUT2D eigenvalue weighted by Crippen LogP contribution is 2.52. The van der Waals surface area contributed by atoms with E-state index in [0.717, 1.165) is 16.6 Å². The number of hydrogen-bond donors (Lipinski definition) is 1. The Balaban J connectivity index is 1.40. The van der Waals surface area contributed by atoms with Crippen LogP contribution in [0.25, 0.3) is 10.9 Å². The number of alkyl halides is 2. The highest BCUT2D eigenvalue weighted by atomic mass is 19.3. The van der Waals surface area contributed by atoms with Gasteiger partial charge in [0.05, 0.1) is 13.3 Å². The summed E-state index contributed by atoms with van der Waals surface area (Å²) in [6.45, 7) is 7.53. The van der Waals surface area contributed by atoms with E-state index in [9.17, 15) is 13.6 Å². The van der Waals surface area contributed by atoms with Crippen molar-refractivity contribution in [1.82, 2.24) is 4.57 Å². The fraction of sp³-hybridized carbons (Fsp3) is 0.444. The van der Waals surface area contributed by atoms with Crippen LogP contribution >= 0.6 is 0 Å². The number of carbonyl (C=O) groups excluding carboxylic acids is 1. The SMILES string of the molecule is [B]C(COC)Cn1c(C(C)(C)C)cc2cc(NC(=O)C3(c4ccc5c(c4)OC(F)(F)O5)CC3)ccc21. The largest absolute Gasteiger partial charge is 0.586 e. The van der Waals surface area contributed by atoms with Gasteiger partial charge in [-0.15, -0.1) is 8.78 Å². The number of anilines is 1. The monoisotopic (exact) mass is 494 g/mol. The average Bonchev–Trinajstić information content (AvgIpc) is 3.43. The molecule has 0 saturated heterocycles. The molecule has 0 bridgehead atoms. The van der Waals surface area contributed by atoms with Crippen molar-refractivity contribution >= 4 is 30.3 Å². The molecule has 1 atom stereocenters. The molecule has 0 spiro atoms. The Morgan fingerprint density at radius 3 is 2.53 bits per heavy atom. The van der Waals surface area contributed by atoms with Crippen molar-refractivity contribution in [3.05, 3.63) is 53.7 Å². The molecule has 1 aromatic heterocycles. The Kier molecular flexibility index (Phi) is 5.82. The Morgan fingerprint density at radius 1 is 1.14 bits per heavy atom. The molecule has 3 aromatic rings. The van der Waals surface area contributed by atoms with Crippen LogP contribution in [0.5, 0.6) is 11.5 Å². The first-order valence-corrected chi connectivity index (χ1v) is 12.0.